The highest BCUT2D eigenvalue weighted by Crippen LogP contribution is 2.38. The topological polar surface area (TPSA) is 47.4 Å². The molecule has 2 unspecified atom stereocenters. The maximum atomic E-state index is 13.9. The van der Waals surface area contributed by atoms with Crippen LogP contribution in [0.4, 0.5) is 4.39 Å². The summed E-state index contributed by atoms with van der Waals surface area (Å²) in [4.78, 5) is 15.5. The van der Waals surface area contributed by atoms with Crippen molar-refractivity contribution in [2.45, 2.75) is 44.6 Å². The fourth-order valence-corrected chi connectivity index (χ4v) is 4.81. The summed E-state index contributed by atoms with van der Waals surface area (Å²) >= 11 is 0. The van der Waals surface area contributed by atoms with Crippen LogP contribution < -0.4 is 4.74 Å². The Morgan fingerprint density at radius 3 is 2.81 bits per heavy atom. The summed E-state index contributed by atoms with van der Waals surface area (Å²) in [5.74, 6) is 0.778. The maximum Gasteiger partial charge on any atom is 0.257 e. The van der Waals surface area contributed by atoms with Crippen LogP contribution in [0.2, 0.25) is 0 Å². The second kappa shape index (κ2) is 7.33. The molecule has 1 saturated heterocycles. The van der Waals surface area contributed by atoms with Gasteiger partial charge < -0.3 is 9.64 Å². The molecule has 2 heterocycles. The van der Waals surface area contributed by atoms with E-state index in [1.165, 1.54) is 37.8 Å². The zero-order valence-electron chi connectivity index (χ0n) is 15.9. The molecule has 0 spiro atoms. The van der Waals surface area contributed by atoms with Crippen molar-refractivity contribution in [3.63, 3.8) is 0 Å². The lowest BCUT2D eigenvalue weighted by Crippen LogP contribution is -2.49. The van der Waals surface area contributed by atoms with Gasteiger partial charge in [-0.05, 0) is 49.8 Å². The van der Waals surface area contributed by atoms with Crippen LogP contribution in [0.3, 0.4) is 0 Å². The van der Waals surface area contributed by atoms with Gasteiger partial charge in [0, 0.05) is 25.2 Å². The minimum absolute atomic E-state index is 0.000939. The first-order valence-electron chi connectivity index (χ1n) is 9.77. The van der Waals surface area contributed by atoms with Gasteiger partial charge in [0.2, 0.25) is 0 Å². The Bertz CT molecular complexity index is 846. The molecule has 2 aliphatic rings. The first-order valence-corrected chi connectivity index (χ1v) is 9.77. The van der Waals surface area contributed by atoms with Crippen molar-refractivity contribution < 1.29 is 13.9 Å². The summed E-state index contributed by atoms with van der Waals surface area (Å²) in [6, 6.07) is 4.68. The molecule has 1 aromatic carbocycles. The Balaban J connectivity index is 1.73. The van der Waals surface area contributed by atoms with E-state index >= 15 is 0 Å². The van der Waals surface area contributed by atoms with Crippen LogP contribution >= 0.6 is 0 Å². The zero-order chi connectivity index (χ0) is 19.0. The minimum Gasteiger partial charge on any atom is -0.496 e. The number of hydrogen-bond donors (Lipinski definition) is 0. The fraction of sp³-hybridized carbons (Fsp3) is 0.524. The van der Waals surface area contributed by atoms with Crippen LogP contribution in [0.1, 0.15) is 48.9 Å². The van der Waals surface area contributed by atoms with Crippen molar-refractivity contribution in [3.05, 3.63) is 35.8 Å². The van der Waals surface area contributed by atoms with Gasteiger partial charge in [0.05, 0.1) is 24.6 Å². The van der Waals surface area contributed by atoms with Crippen molar-refractivity contribution in [1.82, 2.24) is 14.7 Å². The van der Waals surface area contributed by atoms with Gasteiger partial charge in [-0.25, -0.2) is 4.39 Å². The Labute approximate surface area is 159 Å². The average Bonchev–Trinajstić information content (AvgIpc) is 3.08. The highest BCUT2D eigenvalue weighted by Gasteiger charge is 2.37. The molecular weight excluding hydrogens is 345 g/mol. The van der Waals surface area contributed by atoms with Crippen molar-refractivity contribution in [2.75, 3.05) is 13.7 Å². The number of hydrogen-bond acceptors (Lipinski definition) is 3. The summed E-state index contributed by atoms with van der Waals surface area (Å²) in [6.45, 7) is 0.786. The van der Waals surface area contributed by atoms with Crippen molar-refractivity contribution >= 4 is 5.91 Å². The van der Waals surface area contributed by atoms with Crippen molar-refractivity contribution in [3.8, 4) is 17.0 Å². The van der Waals surface area contributed by atoms with Gasteiger partial charge in [0.15, 0.2) is 0 Å². The molecule has 144 valence electrons. The lowest BCUT2D eigenvalue weighted by atomic mass is 9.78. The Kier molecular flexibility index (Phi) is 4.89. The molecule has 0 N–H and O–H groups in total. The first kappa shape index (κ1) is 18.0. The van der Waals surface area contributed by atoms with Gasteiger partial charge in [-0.15, -0.1) is 0 Å². The highest BCUT2D eigenvalue weighted by atomic mass is 19.1. The molecule has 1 amide bonds. The van der Waals surface area contributed by atoms with E-state index in [2.05, 4.69) is 5.10 Å². The standard InChI is InChI=1S/C21H26FN3O2/c1-24-20(16-12-15(22)9-10-19(16)27-2)17(13-23-24)21(26)25-11-5-7-14-6-3-4-8-18(14)25/h9-10,12-14,18H,3-8,11H2,1-2H3. The number of rotatable bonds is 3. The van der Waals surface area contributed by atoms with E-state index in [0.717, 1.165) is 19.4 Å². The SMILES string of the molecule is COc1ccc(F)cc1-c1c(C(=O)N2CCCC3CCCCC32)cnn1C. The number of benzene rings is 1. The quantitative estimate of drug-likeness (QED) is 0.818. The van der Waals surface area contributed by atoms with Crippen LogP contribution in [-0.4, -0.2) is 40.3 Å². The van der Waals surface area contributed by atoms with E-state index < -0.39 is 0 Å². The third-order valence-electron chi connectivity index (χ3n) is 6.09. The third kappa shape index (κ3) is 3.22. The van der Waals surface area contributed by atoms with Crippen LogP contribution in [0.25, 0.3) is 11.3 Å². The number of ether oxygens (including phenoxy) is 1. The number of nitrogens with zero attached hydrogens (tertiary/aromatic N) is 3. The molecule has 1 aromatic heterocycles. The fourth-order valence-electron chi connectivity index (χ4n) is 4.81. The van der Waals surface area contributed by atoms with Crippen molar-refractivity contribution in [2.24, 2.45) is 13.0 Å². The molecular formula is C21H26FN3O2. The number of aromatic nitrogens is 2. The number of halogens is 1. The average molecular weight is 371 g/mol. The van der Waals surface area contributed by atoms with Gasteiger partial charge in [0.25, 0.3) is 5.91 Å². The Morgan fingerprint density at radius 1 is 1.22 bits per heavy atom. The number of piperidine rings is 1. The number of likely N-dealkylation sites (tertiary alicyclic amines) is 1. The minimum atomic E-state index is -0.365. The van der Waals surface area contributed by atoms with Gasteiger partial charge in [-0.3, -0.25) is 9.48 Å². The molecule has 2 aromatic rings. The maximum absolute atomic E-state index is 13.9. The van der Waals surface area contributed by atoms with Crippen LogP contribution in [0.5, 0.6) is 5.75 Å². The second-order valence-electron chi connectivity index (χ2n) is 7.63. The van der Waals surface area contributed by atoms with Crippen molar-refractivity contribution in [1.29, 1.82) is 0 Å². The van der Waals surface area contributed by atoms with E-state index in [1.807, 2.05) is 4.90 Å². The largest absolute Gasteiger partial charge is 0.496 e. The predicted molar refractivity (Wildman–Crippen MR) is 101 cm³/mol. The van der Waals surface area contributed by atoms with Crippen LogP contribution in [0, 0.1) is 11.7 Å². The second-order valence-corrected chi connectivity index (χ2v) is 7.63. The van der Waals surface area contributed by atoms with E-state index in [9.17, 15) is 9.18 Å². The molecule has 5 nitrogen and oxygen atoms in total. The van der Waals surface area contributed by atoms with Gasteiger partial charge >= 0.3 is 0 Å². The molecule has 2 fully saturated rings. The van der Waals surface area contributed by atoms with Gasteiger partial charge in [-0.1, -0.05) is 12.8 Å². The molecule has 1 aliphatic carbocycles. The summed E-state index contributed by atoms with van der Waals surface area (Å²) in [5.41, 5.74) is 1.68. The van der Waals surface area contributed by atoms with E-state index in [1.54, 1.807) is 31.1 Å². The normalized spacial score (nSPS) is 22.4. The molecule has 1 saturated carbocycles. The zero-order valence-corrected chi connectivity index (χ0v) is 15.9. The van der Waals surface area contributed by atoms with E-state index in [0.29, 0.717) is 34.5 Å². The summed E-state index contributed by atoms with van der Waals surface area (Å²) < 4.78 is 21.0. The van der Waals surface area contributed by atoms with E-state index in [-0.39, 0.29) is 11.7 Å². The molecule has 2 atom stereocenters. The number of carbonyl (C=O) groups is 1. The number of aryl methyl sites for hydroxylation is 1. The van der Waals surface area contributed by atoms with Crippen LogP contribution in [0.15, 0.2) is 24.4 Å². The molecule has 0 radical (unpaired) electrons. The monoisotopic (exact) mass is 371 g/mol. The van der Waals surface area contributed by atoms with Gasteiger partial charge in [-0.2, -0.15) is 5.10 Å². The highest BCUT2D eigenvalue weighted by molar-refractivity contribution is 6.00. The first-order chi connectivity index (χ1) is 13.1. The molecule has 4 rings (SSSR count). The Hall–Kier alpha value is -2.37. The lowest BCUT2D eigenvalue weighted by Gasteiger charge is -2.44. The molecule has 0 bridgehead atoms. The number of carbonyl (C=O) groups excluding carboxylic acids is 1. The third-order valence-corrected chi connectivity index (χ3v) is 6.09. The predicted octanol–water partition coefficient (Wildman–Crippen LogP) is 4.03. The smallest absolute Gasteiger partial charge is 0.257 e. The number of amides is 1. The number of fused-ring (bicyclic) bond motifs is 1. The number of methoxy groups -OCH3 is 1. The molecule has 1 aliphatic heterocycles. The summed E-state index contributed by atoms with van der Waals surface area (Å²) in [7, 11) is 3.32. The van der Waals surface area contributed by atoms with E-state index in [4.69, 9.17) is 4.74 Å². The molecule has 27 heavy (non-hydrogen) atoms. The summed E-state index contributed by atoms with van der Waals surface area (Å²) in [5, 5.41) is 4.31. The molecule has 6 heteroatoms. The van der Waals surface area contributed by atoms with Gasteiger partial charge in [0.1, 0.15) is 11.6 Å². The Morgan fingerprint density at radius 2 is 2.00 bits per heavy atom. The lowest BCUT2D eigenvalue weighted by molar-refractivity contribution is 0.0391. The van der Waals surface area contributed by atoms with Crippen LogP contribution in [-0.2, 0) is 7.05 Å². The summed E-state index contributed by atoms with van der Waals surface area (Å²) in [6.07, 6.45) is 8.61.